The smallest absolute Gasteiger partial charge is 0.0542 e. The SMILES string of the molecule is CC(C)(C)c1ccc(-c2ccc3cc(N(c4ccc5cc(-c6ccc(C(C)(C)C)cc6N(c6ccccc6)c6ccccc6)ccc5c4)c4ccc5cc(-c6ccc(C(C)(C)C)cc6N(c6ccccc6)c6ccccc6)ccc5c4)ccc3c2)c(N(c2ccccc2)c2ccccc2)c1. The lowest BCUT2D eigenvalue weighted by Gasteiger charge is -2.30. The van der Waals surface area contributed by atoms with Crippen molar-refractivity contribution in [2.45, 2.75) is 78.6 Å². The highest BCUT2D eigenvalue weighted by Crippen LogP contribution is 2.49. The molecule has 0 radical (unpaired) electrons. The minimum absolute atomic E-state index is 0.0617. The Morgan fingerprint density at radius 1 is 0.170 bits per heavy atom. The third-order valence-electron chi connectivity index (χ3n) is 19.6. The molecule has 0 spiro atoms. The van der Waals surface area contributed by atoms with Gasteiger partial charge in [0.25, 0.3) is 0 Å². The van der Waals surface area contributed by atoms with Crippen molar-refractivity contribution in [1.29, 1.82) is 0 Å². The van der Waals surface area contributed by atoms with Crippen molar-refractivity contribution >= 4 is 101 Å². The average molecular weight is 1290 g/mol. The van der Waals surface area contributed by atoms with Gasteiger partial charge in [-0.05, 0) is 228 Å². The summed E-state index contributed by atoms with van der Waals surface area (Å²) < 4.78 is 0. The number of nitrogens with zero attached hydrogens (tertiary/aromatic N) is 4. The molecule has 15 aromatic rings. The maximum absolute atomic E-state index is 2.44. The highest BCUT2D eigenvalue weighted by Gasteiger charge is 2.27. The molecule has 0 unspecified atom stereocenters. The van der Waals surface area contributed by atoms with Gasteiger partial charge in [0.05, 0.1) is 17.1 Å². The van der Waals surface area contributed by atoms with Gasteiger partial charge in [0, 0.05) is 67.9 Å². The van der Waals surface area contributed by atoms with Crippen molar-refractivity contribution in [3.05, 3.63) is 362 Å². The van der Waals surface area contributed by atoms with Crippen molar-refractivity contribution in [3.63, 3.8) is 0 Å². The predicted octanol–water partition coefficient (Wildman–Crippen LogP) is 27.9. The maximum atomic E-state index is 2.44. The lowest BCUT2D eigenvalue weighted by molar-refractivity contribution is 0.590. The molecule has 0 aliphatic heterocycles. The van der Waals surface area contributed by atoms with Crippen LogP contribution in [0.1, 0.15) is 79.0 Å². The van der Waals surface area contributed by atoms with Gasteiger partial charge in [0.1, 0.15) is 0 Å². The minimum atomic E-state index is -0.0617. The summed E-state index contributed by atoms with van der Waals surface area (Å²) in [6.07, 6.45) is 0. The van der Waals surface area contributed by atoms with E-state index in [2.05, 4.69) is 428 Å². The number of hydrogen-bond acceptors (Lipinski definition) is 4. The second-order valence-electron chi connectivity index (χ2n) is 29.5. The molecule has 4 nitrogen and oxygen atoms in total. The summed E-state index contributed by atoms with van der Waals surface area (Å²) in [6, 6.07) is 128. The second kappa shape index (κ2) is 26.6. The third-order valence-corrected chi connectivity index (χ3v) is 19.6. The first kappa shape index (κ1) is 64.3. The Morgan fingerprint density at radius 3 is 0.600 bits per heavy atom. The number of fused-ring (bicyclic) bond motifs is 3. The van der Waals surface area contributed by atoms with Crippen LogP contribution in [0.25, 0.3) is 65.7 Å². The second-order valence-corrected chi connectivity index (χ2v) is 29.5. The summed E-state index contributed by atoms with van der Waals surface area (Å²) in [4.78, 5) is 9.66. The number of para-hydroxylation sites is 6. The minimum Gasteiger partial charge on any atom is -0.310 e. The summed E-state index contributed by atoms with van der Waals surface area (Å²) in [6.45, 7) is 20.7. The Bertz CT molecular complexity index is 4760. The van der Waals surface area contributed by atoms with E-state index in [1.165, 1.54) is 16.7 Å². The molecule has 0 aliphatic carbocycles. The normalized spacial score (nSPS) is 11.8. The molecule has 4 heteroatoms. The molecule has 0 saturated carbocycles. The van der Waals surface area contributed by atoms with Crippen LogP contribution in [0.2, 0.25) is 0 Å². The van der Waals surface area contributed by atoms with Gasteiger partial charge in [-0.2, -0.15) is 0 Å². The molecule has 0 bridgehead atoms. The zero-order valence-electron chi connectivity index (χ0n) is 58.7. The van der Waals surface area contributed by atoms with Crippen molar-refractivity contribution in [2.75, 3.05) is 19.6 Å². The Morgan fingerprint density at radius 2 is 0.380 bits per heavy atom. The monoisotopic (exact) mass is 1290 g/mol. The maximum Gasteiger partial charge on any atom is 0.0542 e. The van der Waals surface area contributed by atoms with Gasteiger partial charge in [-0.3, -0.25) is 0 Å². The van der Waals surface area contributed by atoms with Crippen LogP contribution in [0.5, 0.6) is 0 Å². The topological polar surface area (TPSA) is 13.0 Å². The van der Waals surface area contributed by atoms with Crippen LogP contribution in [0.3, 0.4) is 0 Å². The largest absolute Gasteiger partial charge is 0.310 e. The van der Waals surface area contributed by atoms with Crippen LogP contribution in [0, 0.1) is 0 Å². The number of hydrogen-bond donors (Lipinski definition) is 0. The van der Waals surface area contributed by atoms with E-state index in [0.717, 1.165) is 134 Å². The molecule has 15 aromatic carbocycles. The van der Waals surface area contributed by atoms with E-state index in [0.29, 0.717) is 0 Å². The first-order chi connectivity index (χ1) is 48.5. The van der Waals surface area contributed by atoms with Crippen LogP contribution >= 0.6 is 0 Å². The molecular weight excluding hydrogens is 1210 g/mol. The summed E-state index contributed by atoms with van der Waals surface area (Å²) in [7, 11) is 0. The van der Waals surface area contributed by atoms with Crippen molar-refractivity contribution in [3.8, 4) is 33.4 Å². The zero-order valence-corrected chi connectivity index (χ0v) is 58.7. The Labute approximate surface area is 591 Å². The standard InChI is InChI=1S/C96H84N4/c1-94(2,3)76-49-55-88(91(64-76)98(79-28-16-10-17-29-79)80-30-18-11-19-31-80)73-43-40-70-61-85(52-46-67(70)58-73)97(86-53-47-68-59-74(44-41-71(68)62-86)89-56-50-77(95(4,5)6)65-92(89)99(81-32-20-12-21-33-81)82-34-22-13-23-35-82)87-54-48-69-60-75(45-42-72(69)63-87)90-57-51-78(96(7,8)9)66-93(90)100(83-36-24-14-25-37-83)84-38-26-15-27-39-84/h10-66H,1-9H3. The van der Waals surface area contributed by atoms with Gasteiger partial charge in [0.15, 0.2) is 0 Å². The fraction of sp³-hybridized carbons (Fsp3) is 0.125. The van der Waals surface area contributed by atoms with Gasteiger partial charge >= 0.3 is 0 Å². The Kier molecular flexibility index (Phi) is 17.1. The molecular formula is C96H84N4. The van der Waals surface area contributed by atoms with Crippen molar-refractivity contribution < 1.29 is 0 Å². The molecule has 0 heterocycles. The van der Waals surface area contributed by atoms with E-state index in [9.17, 15) is 0 Å². The average Bonchev–Trinajstić information content (AvgIpc) is 0.774. The summed E-state index contributed by atoms with van der Waals surface area (Å²) in [5.74, 6) is 0. The van der Waals surface area contributed by atoms with Crippen LogP contribution < -0.4 is 19.6 Å². The summed E-state index contributed by atoms with van der Waals surface area (Å²) in [5, 5.41) is 6.95. The Balaban J connectivity index is 0.860. The van der Waals surface area contributed by atoms with Gasteiger partial charge < -0.3 is 19.6 Å². The van der Waals surface area contributed by atoms with Gasteiger partial charge in [-0.1, -0.05) is 263 Å². The van der Waals surface area contributed by atoms with E-state index in [1.54, 1.807) is 0 Å². The summed E-state index contributed by atoms with van der Waals surface area (Å²) >= 11 is 0. The highest BCUT2D eigenvalue weighted by atomic mass is 15.2. The number of anilines is 12. The lowest BCUT2D eigenvalue weighted by Crippen LogP contribution is -2.15. The molecule has 488 valence electrons. The third kappa shape index (κ3) is 13.0. The summed E-state index contributed by atoms with van der Waals surface area (Å²) in [5.41, 5.74) is 23.9. The molecule has 0 atom stereocenters. The van der Waals surface area contributed by atoms with Crippen LogP contribution in [0.15, 0.2) is 346 Å². The van der Waals surface area contributed by atoms with E-state index in [-0.39, 0.29) is 16.2 Å². The first-order valence-corrected chi connectivity index (χ1v) is 35.0. The first-order valence-electron chi connectivity index (χ1n) is 35.0. The molecule has 0 saturated heterocycles. The lowest BCUT2D eigenvalue weighted by atomic mass is 9.85. The Hall–Kier alpha value is -11.7. The molecule has 0 aliphatic rings. The van der Waals surface area contributed by atoms with E-state index >= 15 is 0 Å². The van der Waals surface area contributed by atoms with E-state index in [4.69, 9.17) is 0 Å². The molecule has 0 fully saturated rings. The zero-order chi connectivity index (χ0) is 68.7. The fourth-order valence-electron chi connectivity index (χ4n) is 14.1. The molecule has 15 rings (SSSR count). The van der Waals surface area contributed by atoms with Crippen LogP contribution in [0.4, 0.5) is 68.2 Å². The molecule has 0 aromatic heterocycles. The molecule has 0 N–H and O–H groups in total. The highest BCUT2D eigenvalue weighted by molar-refractivity contribution is 6.01. The fourth-order valence-corrected chi connectivity index (χ4v) is 14.1. The quantitative estimate of drug-likeness (QED) is 0.101. The van der Waals surface area contributed by atoms with Crippen LogP contribution in [-0.4, -0.2) is 0 Å². The van der Waals surface area contributed by atoms with Gasteiger partial charge in [-0.25, -0.2) is 0 Å². The predicted molar refractivity (Wildman–Crippen MR) is 430 cm³/mol. The van der Waals surface area contributed by atoms with Crippen molar-refractivity contribution in [2.24, 2.45) is 0 Å². The van der Waals surface area contributed by atoms with Crippen molar-refractivity contribution in [1.82, 2.24) is 0 Å². The van der Waals surface area contributed by atoms with Gasteiger partial charge in [-0.15, -0.1) is 0 Å². The molecule has 0 amide bonds. The van der Waals surface area contributed by atoms with E-state index < -0.39 is 0 Å². The van der Waals surface area contributed by atoms with E-state index in [1.807, 2.05) is 0 Å². The van der Waals surface area contributed by atoms with Gasteiger partial charge in [0.2, 0.25) is 0 Å². The number of benzene rings is 15. The number of rotatable bonds is 15. The molecule has 100 heavy (non-hydrogen) atoms. The van der Waals surface area contributed by atoms with Crippen LogP contribution in [-0.2, 0) is 16.2 Å².